The van der Waals surface area contributed by atoms with Gasteiger partial charge in [0.25, 0.3) is 0 Å². The number of carbonyl (C=O) groups is 1. The maximum Gasteiger partial charge on any atom is 0.409 e. The fraction of sp³-hybridized carbons (Fsp3) is 0.375. The van der Waals surface area contributed by atoms with E-state index in [1.54, 1.807) is 4.90 Å². The molecule has 1 aromatic heterocycles. The largest absolute Gasteiger partial charge is 0.450 e. The number of carbonyl (C=O) groups excluding carboxylic acids is 1. The highest BCUT2D eigenvalue weighted by molar-refractivity contribution is 5.68. The number of hydrogen-bond acceptors (Lipinski definition) is 4. The van der Waals surface area contributed by atoms with Crippen LogP contribution >= 0.6 is 0 Å². The van der Waals surface area contributed by atoms with Crippen molar-refractivity contribution < 1.29 is 14.1 Å². The molecule has 0 spiro atoms. The predicted molar refractivity (Wildman–Crippen MR) is 77.9 cm³/mol. The second-order valence-electron chi connectivity index (χ2n) is 4.99. The molecule has 5 nitrogen and oxygen atoms in total. The van der Waals surface area contributed by atoms with Crippen LogP contribution in [0, 0.1) is 0 Å². The highest BCUT2D eigenvalue weighted by atomic mass is 16.6. The lowest BCUT2D eigenvalue weighted by atomic mass is 10.0. The zero-order valence-electron chi connectivity index (χ0n) is 12.0. The van der Waals surface area contributed by atoms with Gasteiger partial charge in [0, 0.05) is 30.6 Å². The molecule has 0 atom stereocenters. The van der Waals surface area contributed by atoms with Crippen molar-refractivity contribution in [2.45, 2.75) is 19.8 Å². The number of nitrogens with zero attached hydrogens (tertiary/aromatic N) is 2. The van der Waals surface area contributed by atoms with Crippen molar-refractivity contribution in [3.8, 4) is 11.3 Å². The van der Waals surface area contributed by atoms with E-state index in [4.69, 9.17) is 9.26 Å². The van der Waals surface area contributed by atoms with E-state index in [1.165, 1.54) is 0 Å². The fourth-order valence-corrected chi connectivity index (χ4v) is 2.61. The summed E-state index contributed by atoms with van der Waals surface area (Å²) in [6.45, 7) is 3.47. The van der Waals surface area contributed by atoms with Crippen molar-refractivity contribution in [3.63, 3.8) is 0 Å². The van der Waals surface area contributed by atoms with Gasteiger partial charge >= 0.3 is 6.09 Å². The van der Waals surface area contributed by atoms with Crippen molar-refractivity contribution >= 4 is 6.09 Å². The maximum absolute atomic E-state index is 11.8. The van der Waals surface area contributed by atoms with Crippen molar-refractivity contribution in [1.29, 1.82) is 0 Å². The van der Waals surface area contributed by atoms with Crippen LogP contribution in [0.1, 0.15) is 18.2 Å². The average molecular weight is 286 g/mol. The number of ether oxygens (including phenoxy) is 1. The standard InChI is InChI=1S/C16H18N2O3/c1-2-20-16(19)18-10-8-13-14(9-11-18)17-21-15(13)12-6-4-3-5-7-12/h3-7H,2,8-11H2,1H3. The van der Waals surface area contributed by atoms with E-state index in [0.717, 1.165) is 29.0 Å². The van der Waals surface area contributed by atoms with Gasteiger partial charge in [-0.2, -0.15) is 0 Å². The lowest BCUT2D eigenvalue weighted by Gasteiger charge is -2.18. The minimum atomic E-state index is -0.249. The highest BCUT2D eigenvalue weighted by Crippen LogP contribution is 2.28. The molecule has 0 bridgehead atoms. The van der Waals surface area contributed by atoms with Crippen LogP contribution in [0.15, 0.2) is 34.9 Å². The van der Waals surface area contributed by atoms with Crippen molar-refractivity contribution in [1.82, 2.24) is 10.1 Å². The Balaban J connectivity index is 1.82. The Labute approximate surface area is 123 Å². The van der Waals surface area contributed by atoms with Crippen LogP contribution < -0.4 is 0 Å². The molecule has 0 aliphatic carbocycles. The molecule has 1 aliphatic heterocycles. The molecule has 3 rings (SSSR count). The quantitative estimate of drug-likeness (QED) is 0.851. The van der Waals surface area contributed by atoms with Gasteiger partial charge in [-0.25, -0.2) is 4.79 Å². The van der Waals surface area contributed by atoms with E-state index in [9.17, 15) is 4.79 Å². The lowest BCUT2D eigenvalue weighted by molar-refractivity contribution is 0.108. The minimum absolute atomic E-state index is 0.249. The summed E-state index contributed by atoms with van der Waals surface area (Å²) in [6.07, 6.45) is 1.19. The van der Waals surface area contributed by atoms with E-state index in [0.29, 0.717) is 26.1 Å². The Morgan fingerprint density at radius 1 is 1.29 bits per heavy atom. The molecule has 5 heteroatoms. The van der Waals surface area contributed by atoms with Crippen LogP contribution in [0.4, 0.5) is 4.79 Å². The third kappa shape index (κ3) is 2.77. The molecule has 0 saturated heterocycles. The summed E-state index contributed by atoms with van der Waals surface area (Å²) in [5, 5.41) is 4.18. The van der Waals surface area contributed by atoms with Crippen LogP contribution in [0.3, 0.4) is 0 Å². The van der Waals surface area contributed by atoms with E-state index < -0.39 is 0 Å². The molecule has 0 radical (unpaired) electrons. The van der Waals surface area contributed by atoms with Gasteiger partial charge in [0.15, 0.2) is 5.76 Å². The summed E-state index contributed by atoms with van der Waals surface area (Å²) in [5.74, 6) is 0.816. The smallest absolute Gasteiger partial charge is 0.409 e. The number of rotatable bonds is 2. The second-order valence-corrected chi connectivity index (χ2v) is 4.99. The zero-order chi connectivity index (χ0) is 14.7. The highest BCUT2D eigenvalue weighted by Gasteiger charge is 2.24. The first kappa shape index (κ1) is 13.7. The first-order valence-corrected chi connectivity index (χ1v) is 7.24. The van der Waals surface area contributed by atoms with Crippen LogP contribution in [0.25, 0.3) is 11.3 Å². The molecule has 110 valence electrons. The van der Waals surface area contributed by atoms with Crippen molar-refractivity contribution in [3.05, 3.63) is 41.6 Å². The van der Waals surface area contributed by atoms with E-state index in [1.807, 2.05) is 37.3 Å². The molecule has 0 saturated carbocycles. The minimum Gasteiger partial charge on any atom is -0.450 e. The number of hydrogen-bond donors (Lipinski definition) is 0. The van der Waals surface area contributed by atoms with Gasteiger partial charge in [-0.15, -0.1) is 0 Å². The van der Waals surface area contributed by atoms with Crippen molar-refractivity contribution in [2.75, 3.05) is 19.7 Å². The van der Waals surface area contributed by atoms with E-state index in [2.05, 4.69) is 5.16 Å². The Bertz CT molecular complexity index is 622. The number of aromatic nitrogens is 1. The van der Waals surface area contributed by atoms with Gasteiger partial charge in [-0.3, -0.25) is 0 Å². The van der Waals surface area contributed by atoms with Gasteiger partial charge in [0.05, 0.1) is 12.3 Å². The molecule has 2 aromatic rings. The first-order chi connectivity index (χ1) is 10.3. The zero-order valence-corrected chi connectivity index (χ0v) is 12.0. The molecule has 0 N–H and O–H groups in total. The van der Waals surface area contributed by atoms with Crippen LogP contribution in [-0.2, 0) is 17.6 Å². The van der Waals surface area contributed by atoms with E-state index >= 15 is 0 Å². The van der Waals surface area contributed by atoms with Gasteiger partial charge in [-0.1, -0.05) is 35.5 Å². The fourth-order valence-electron chi connectivity index (χ4n) is 2.61. The maximum atomic E-state index is 11.8. The molecule has 1 aliphatic rings. The summed E-state index contributed by atoms with van der Waals surface area (Å²) < 4.78 is 10.6. The molecular formula is C16H18N2O3. The average Bonchev–Trinajstić information content (AvgIpc) is 2.80. The summed E-state index contributed by atoms with van der Waals surface area (Å²) >= 11 is 0. The monoisotopic (exact) mass is 286 g/mol. The predicted octanol–water partition coefficient (Wildman–Crippen LogP) is 2.90. The third-order valence-corrected chi connectivity index (χ3v) is 3.68. The van der Waals surface area contributed by atoms with E-state index in [-0.39, 0.29) is 6.09 Å². The molecular weight excluding hydrogens is 268 g/mol. The Morgan fingerprint density at radius 2 is 2.05 bits per heavy atom. The normalized spacial score (nSPS) is 14.4. The van der Waals surface area contributed by atoms with Gasteiger partial charge in [-0.05, 0) is 13.3 Å². The van der Waals surface area contributed by atoms with Crippen LogP contribution in [0.5, 0.6) is 0 Å². The summed E-state index contributed by atoms with van der Waals surface area (Å²) in [4.78, 5) is 13.6. The Morgan fingerprint density at radius 3 is 2.81 bits per heavy atom. The van der Waals surface area contributed by atoms with Gasteiger partial charge < -0.3 is 14.2 Å². The molecule has 21 heavy (non-hydrogen) atoms. The SMILES string of the molecule is CCOC(=O)N1CCc2noc(-c3ccccc3)c2CC1. The number of benzene rings is 1. The third-order valence-electron chi connectivity index (χ3n) is 3.68. The summed E-state index contributed by atoms with van der Waals surface area (Å²) in [7, 11) is 0. The summed E-state index contributed by atoms with van der Waals surface area (Å²) in [6, 6.07) is 9.95. The van der Waals surface area contributed by atoms with Crippen LogP contribution in [-0.4, -0.2) is 35.8 Å². The van der Waals surface area contributed by atoms with Gasteiger partial charge in [0.1, 0.15) is 0 Å². The summed E-state index contributed by atoms with van der Waals surface area (Å²) in [5.41, 5.74) is 3.07. The molecule has 0 unspecified atom stereocenters. The number of fused-ring (bicyclic) bond motifs is 1. The second kappa shape index (κ2) is 5.99. The van der Waals surface area contributed by atoms with Crippen molar-refractivity contribution in [2.24, 2.45) is 0 Å². The molecule has 2 heterocycles. The Hall–Kier alpha value is -2.30. The molecule has 0 fully saturated rings. The first-order valence-electron chi connectivity index (χ1n) is 7.24. The topological polar surface area (TPSA) is 55.6 Å². The Kier molecular flexibility index (Phi) is 3.90. The lowest BCUT2D eigenvalue weighted by Crippen LogP contribution is -2.33. The van der Waals surface area contributed by atoms with Crippen LogP contribution in [0.2, 0.25) is 0 Å². The number of amides is 1. The van der Waals surface area contributed by atoms with Gasteiger partial charge in [0.2, 0.25) is 0 Å². The molecule has 1 amide bonds. The molecule has 1 aromatic carbocycles.